The summed E-state index contributed by atoms with van der Waals surface area (Å²) in [6.45, 7) is -1.43. The predicted molar refractivity (Wildman–Crippen MR) is 117 cm³/mol. The Morgan fingerprint density at radius 3 is 2.68 bits per heavy atom. The number of aliphatic hydroxyl groups excluding tert-OH is 1. The summed E-state index contributed by atoms with van der Waals surface area (Å²) >= 11 is 13.4. The Kier molecular flexibility index (Phi) is 5.94. The number of fused-ring (bicyclic) bond motifs is 2. The van der Waals surface area contributed by atoms with Gasteiger partial charge < -0.3 is 25.4 Å². The zero-order valence-corrected chi connectivity index (χ0v) is 18.2. The second-order valence-corrected chi connectivity index (χ2v) is 9.15. The highest BCUT2D eigenvalue weighted by molar-refractivity contribution is 7.23. The van der Waals surface area contributed by atoms with Gasteiger partial charge in [-0.2, -0.15) is 0 Å². The summed E-state index contributed by atoms with van der Waals surface area (Å²) < 4.78 is 1.15. The zero-order chi connectivity index (χ0) is 22.3. The van der Waals surface area contributed by atoms with E-state index in [1.54, 1.807) is 18.2 Å². The lowest BCUT2D eigenvalue weighted by Crippen LogP contribution is -2.49. The minimum absolute atomic E-state index is 0.271. The fourth-order valence-corrected chi connectivity index (χ4v) is 5.44. The molecular weight excluding hydrogens is 465 g/mol. The van der Waals surface area contributed by atoms with Gasteiger partial charge in [0.2, 0.25) is 5.91 Å². The minimum atomic E-state index is -1.22. The van der Waals surface area contributed by atoms with Crippen LogP contribution in [-0.4, -0.2) is 57.1 Å². The molecule has 0 saturated heterocycles. The maximum atomic E-state index is 13.0. The molecule has 2 atom stereocenters. The average molecular weight is 482 g/mol. The number of carboxylic acids is 1. The third-order valence-electron chi connectivity index (χ3n) is 5.23. The number of aliphatic carboxylic acids is 1. The number of aromatic nitrogens is 1. The third-order valence-corrected chi connectivity index (χ3v) is 7.16. The van der Waals surface area contributed by atoms with Crippen LogP contribution in [0, 0.1) is 0 Å². The van der Waals surface area contributed by atoms with E-state index in [-0.39, 0.29) is 5.69 Å². The number of rotatable bonds is 6. The van der Waals surface area contributed by atoms with Crippen molar-refractivity contribution in [3.8, 4) is 0 Å². The van der Waals surface area contributed by atoms with Gasteiger partial charge in [0.25, 0.3) is 5.91 Å². The van der Waals surface area contributed by atoms with Crippen LogP contribution in [0.5, 0.6) is 0 Å². The molecule has 1 aliphatic carbocycles. The number of halogens is 2. The van der Waals surface area contributed by atoms with E-state index in [9.17, 15) is 24.6 Å². The number of nitrogens with one attached hydrogen (secondary N) is 2. The molecule has 4 rings (SSSR count). The van der Waals surface area contributed by atoms with Crippen molar-refractivity contribution in [3.05, 3.63) is 56.5 Å². The second kappa shape index (κ2) is 8.51. The molecule has 0 spiro atoms. The molecular formula is C20H17Cl2N3O5S. The van der Waals surface area contributed by atoms with E-state index in [4.69, 9.17) is 23.2 Å². The van der Waals surface area contributed by atoms with Crippen molar-refractivity contribution < 1.29 is 24.6 Å². The van der Waals surface area contributed by atoms with Crippen LogP contribution in [0.15, 0.2) is 30.3 Å². The molecule has 2 amide bonds. The minimum Gasteiger partial charge on any atom is -0.480 e. The lowest BCUT2D eigenvalue weighted by Gasteiger charge is -2.32. The summed E-state index contributed by atoms with van der Waals surface area (Å²) in [7, 11) is 0. The lowest BCUT2D eigenvalue weighted by molar-refractivity contribution is -0.148. The number of benzene rings is 1. The molecule has 31 heavy (non-hydrogen) atoms. The van der Waals surface area contributed by atoms with Crippen molar-refractivity contribution in [2.24, 2.45) is 0 Å². The highest BCUT2D eigenvalue weighted by Gasteiger charge is 2.40. The van der Waals surface area contributed by atoms with Crippen molar-refractivity contribution in [3.63, 3.8) is 0 Å². The van der Waals surface area contributed by atoms with E-state index in [1.165, 1.54) is 11.3 Å². The first-order valence-electron chi connectivity index (χ1n) is 9.27. The number of hydrogen-bond acceptors (Lipinski definition) is 5. The van der Waals surface area contributed by atoms with E-state index in [0.717, 1.165) is 20.7 Å². The Morgan fingerprint density at radius 1 is 1.26 bits per heavy atom. The molecule has 0 aliphatic heterocycles. The average Bonchev–Trinajstić information content (AvgIpc) is 3.38. The zero-order valence-electron chi connectivity index (χ0n) is 15.9. The number of H-pyrrole nitrogens is 1. The number of amides is 2. The summed E-state index contributed by atoms with van der Waals surface area (Å²) in [4.78, 5) is 40.8. The Bertz CT molecular complexity index is 1190. The topological polar surface area (TPSA) is 123 Å². The second-order valence-electron chi connectivity index (χ2n) is 7.11. The summed E-state index contributed by atoms with van der Waals surface area (Å²) in [5, 5.41) is 21.9. The molecule has 1 aromatic carbocycles. The van der Waals surface area contributed by atoms with Gasteiger partial charge in [-0.3, -0.25) is 14.4 Å². The summed E-state index contributed by atoms with van der Waals surface area (Å²) in [6, 6.07) is 7.59. The van der Waals surface area contributed by atoms with Crippen LogP contribution in [0.1, 0.15) is 27.7 Å². The van der Waals surface area contributed by atoms with Gasteiger partial charge >= 0.3 is 5.97 Å². The highest BCUT2D eigenvalue weighted by atomic mass is 35.5. The SMILES string of the molecule is O=C(O)CN(C(=O)CO)[C@H]1c2ccccc2C[C@H]1NC(=O)c1cc2sc(Cl)c(Cl)c2[nH]1. The maximum Gasteiger partial charge on any atom is 0.323 e. The van der Waals surface area contributed by atoms with E-state index in [2.05, 4.69) is 10.3 Å². The summed E-state index contributed by atoms with van der Waals surface area (Å²) in [5.41, 5.74) is 2.46. The van der Waals surface area contributed by atoms with E-state index >= 15 is 0 Å². The van der Waals surface area contributed by atoms with Gasteiger partial charge in [-0.25, -0.2) is 0 Å². The molecule has 2 aromatic heterocycles. The standard InChI is InChI=1S/C20H17Cl2N3O5S/c21-16-17-13(31-19(16)22)6-12(23-17)20(30)24-11-5-9-3-1-2-4-10(9)18(11)25(7-15(28)29)14(27)8-26/h1-4,6,11,18,23,26H,5,7-8H2,(H,24,30)(H,28,29)/t11-,18+/m1/s1. The predicted octanol–water partition coefficient (Wildman–Crippen LogP) is 2.84. The highest BCUT2D eigenvalue weighted by Crippen LogP contribution is 2.39. The van der Waals surface area contributed by atoms with Crippen LogP contribution < -0.4 is 5.32 Å². The normalized spacial score (nSPS) is 17.5. The van der Waals surface area contributed by atoms with Crippen LogP contribution >= 0.6 is 34.5 Å². The summed E-state index contributed by atoms with van der Waals surface area (Å²) in [6.07, 6.45) is 0.406. The Balaban J connectivity index is 1.65. The molecule has 1 aliphatic rings. The van der Waals surface area contributed by atoms with E-state index in [1.807, 2.05) is 12.1 Å². The van der Waals surface area contributed by atoms with Gasteiger partial charge in [0.1, 0.15) is 23.2 Å². The van der Waals surface area contributed by atoms with Crippen LogP contribution in [0.4, 0.5) is 0 Å². The number of carbonyl (C=O) groups excluding carboxylic acids is 2. The summed E-state index contributed by atoms with van der Waals surface area (Å²) in [5.74, 6) is -2.37. The number of carboxylic acid groups (broad SMARTS) is 1. The van der Waals surface area contributed by atoms with Crippen LogP contribution in [0.2, 0.25) is 9.36 Å². The van der Waals surface area contributed by atoms with Gasteiger partial charge in [0, 0.05) is 0 Å². The quantitative estimate of drug-likeness (QED) is 0.431. The van der Waals surface area contributed by atoms with Gasteiger partial charge in [0.05, 0.1) is 27.3 Å². The smallest absolute Gasteiger partial charge is 0.323 e. The largest absolute Gasteiger partial charge is 0.480 e. The lowest BCUT2D eigenvalue weighted by atomic mass is 10.0. The maximum absolute atomic E-state index is 13.0. The number of hydrogen-bond donors (Lipinski definition) is 4. The van der Waals surface area contributed by atoms with Crippen LogP contribution in [-0.2, 0) is 16.0 Å². The first-order chi connectivity index (χ1) is 14.8. The van der Waals surface area contributed by atoms with Gasteiger partial charge in [-0.1, -0.05) is 47.5 Å². The molecule has 0 radical (unpaired) electrons. The Morgan fingerprint density at radius 2 is 2.00 bits per heavy atom. The number of thiophene rings is 1. The Labute approximate surface area is 190 Å². The number of aromatic amines is 1. The number of nitrogens with zero attached hydrogens (tertiary/aromatic N) is 1. The molecule has 11 heteroatoms. The molecule has 0 saturated carbocycles. The third kappa shape index (κ3) is 4.01. The van der Waals surface area contributed by atoms with Crippen molar-refractivity contribution >= 4 is 62.5 Å². The Hall–Kier alpha value is -2.59. The first-order valence-corrected chi connectivity index (χ1v) is 10.8. The van der Waals surface area contributed by atoms with Crippen molar-refractivity contribution in [1.29, 1.82) is 0 Å². The molecule has 3 aromatic rings. The molecule has 0 unspecified atom stereocenters. The molecule has 0 bridgehead atoms. The van der Waals surface area contributed by atoms with Crippen LogP contribution in [0.25, 0.3) is 10.2 Å². The fraction of sp³-hybridized carbons (Fsp3) is 0.250. The molecule has 0 fully saturated rings. The fourth-order valence-electron chi connectivity index (χ4n) is 3.95. The molecule has 2 heterocycles. The van der Waals surface area contributed by atoms with Crippen molar-refractivity contribution in [2.75, 3.05) is 13.2 Å². The number of aliphatic hydroxyl groups is 1. The van der Waals surface area contributed by atoms with Crippen LogP contribution in [0.3, 0.4) is 0 Å². The van der Waals surface area contributed by atoms with E-state index in [0.29, 0.717) is 21.3 Å². The molecule has 4 N–H and O–H groups in total. The van der Waals surface area contributed by atoms with Gasteiger partial charge in [-0.15, -0.1) is 11.3 Å². The van der Waals surface area contributed by atoms with Crippen molar-refractivity contribution in [2.45, 2.75) is 18.5 Å². The van der Waals surface area contributed by atoms with Gasteiger partial charge in [0.15, 0.2) is 0 Å². The molecule has 162 valence electrons. The molecule has 8 nitrogen and oxygen atoms in total. The van der Waals surface area contributed by atoms with Crippen molar-refractivity contribution in [1.82, 2.24) is 15.2 Å². The monoisotopic (exact) mass is 481 g/mol. The van der Waals surface area contributed by atoms with Gasteiger partial charge in [-0.05, 0) is 23.6 Å². The number of carbonyl (C=O) groups is 3. The first kappa shape index (κ1) is 21.6. The van der Waals surface area contributed by atoms with E-state index < -0.39 is 43.0 Å².